The summed E-state index contributed by atoms with van der Waals surface area (Å²) in [4.78, 5) is 0. The molecule has 0 saturated heterocycles. The van der Waals surface area contributed by atoms with Crippen LogP contribution in [0.5, 0.6) is 5.75 Å². The van der Waals surface area contributed by atoms with Crippen LogP contribution in [0.3, 0.4) is 0 Å². The summed E-state index contributed by atoms with van der Waals surface area (Å²) < 4.78 is 5.45. The molecule has 108 valence electrons. The second-order valence-electron chi connectivity index (χ2n) is 4.68. The third-order valence-corrected chi connectivity index (χ3v) is 3.46. The first-order valence-corrected chi connectivity index (χ1v) is 7.07. The Bertz CT molecular complexity index is 378. The third-order valence-electron chi connectivity index (χ3n) is 3.46. The van der Waals surface area contributed by atoms with Crippen molar-refractivity contribution in [1.82, 2.24) is 0 Å². The maximum absolute atomic E-state index is 10.1. The number of aliphatic hydroxyl groups is 1. The smallest absolute Gasteiger partial charge is 0.144 e. The van der Waals surface area contributed by atoms with Gasteiger partial charge in [-0.05, 0) is 25.0 Å². The molecule has 1 atom stereocenters. The summed E-state index contributed by atoms with van der Waals surface area (Å²) in [6.07, 6.45) is 1.60. The highest BCUT2D eigenvalue weighted by molar-refractivity contribution is 5.72. The number of ether oxygens (including phenoxy) is 1. The predicted molar refractivity (Wildman–Crippen MR) is 80.6 cm³/mol. The number of aliphatic hydroxyl groups excluding tert-OH is 1. The van der Waals surface area contributed by atoms with Crippen molar-refractivity contribution in [3.8, 4) is 5.75 Å². The molecule has 19 heavy (non-hydrogen) atoms. The van der Waals surface area contributed by atoms with E-state index < -0.39 is 0 Å². The molecule has 0 bridgehead atoms. The van der Waals surface area contributed by atoms with Gasteiger partial charge < -0.3 is 20.9 Å². The summed E-state index contributed by atoms with van der Waals surface area (Å²) in [6.45, 7) is 7.22. The van der Waals surface area contributed by atoms with Crippen molar-refractivity contribution in [2.24, 2.45) is 5.92 Å². The number of rotatable bonds is 8. The molecule has 0 amide bonds. The van der Waals surface area contributed by atoms with Crippen molar-refractivity contribution >= 4 is 11.4 Å². The number of benzene rings is 1. The Morgan fingerprint density at radius 2 is 1.95 bits per heavy atom. The zero-order valence-corrected chi connectivity index (χ0v) is 12.1. The molecule has 0 radical (unpaired) electrons. The van der Waals surface area contributed by atoms with Crippen LogP contribution in [0, 0.1) is 5.92 Å². The van der Waals surface area contributed by atoms with E-state index in [9.17, 15) is 5.11 Å². The lowest BCUT2D eigenvalue weighted by atomic mass is 9.96. The average molecular weight is 266 g/mol. The molecule has 0 aliphatic heterocycles. The average Bonchev–Trinajstić information content (AvgIpc) is 2.41. The van der Waals surface area contributed by atoms with Gasteiger partial charge in [0.15, 0.2) is 0 Å². The molecule has 1 unspecified atom stereocenters. The summed E-state index contributed by atoms with van der Waals surface area (Å²) in [6, 6.07) is 5.64. The number of nitrogen functional groups attached to an aromatic ring is 1. The maximum atomic E-state index is 10.1. The van der Waals surface area contributed by atoms with Gasteiger partial charge in [0.25, 0.3) is 0 Å². The third kappa shape index (κ3) is 4.31. The molecule has 4 heteroatoms. The van der Waals surface area contributed by atoms with Gasteiger partial charge in [0.05, 0.1) is 24.1 Å². The molecule has 4 nitrogen and oxygen atoms in total. The fourth-order valence-corrected chi connectivity index (χ4v) is 2.19. The van der Waals surface area contributed by atoms with Gasteiger partial charge in [-0.15, -0.1) is 0 Å². The number of nitrogens with one attached hydrogen (secondary N) is 1. The van der Waals surface area contributed by atoms with E-state index in [1.54, 1.807) is 0 Å². The second-order valence-corrected chi connectivity index (χ2v) is 4.68. The lowest BCUT2D eigenvalue weighted by Crippen LogP contribution is -2.27. The van der Waals surface area contributed by atoms with Crippen LogP contribution in [0.2, 0.25) is 0 Å². The van der Waals surface area contributed by atoms with Gasteiger partial charge in [-0.3, -0.25) is 0 Å². The van der Waals surface area contributed by atoms with Crippen molar-refractivity contribution < 1.29 is 9.84 Å². The van der Waals surface area contributed by atoms with E-state index in [-0.39, 0.29) is 6.10 Å². The largest absolute Gasteiger partial charge is 0.492 e. The van der Waals surface area contributed by atoms with Crippen molar-refractivity contribution in [2.45, 2.75) is 39.7 Å². The van der Waals surface area contributed by atoms with Gasteiger partial charge in [0, 0.05) is 6.54 Å². The monoisotopic (exact) mass is 266 g/mol. The fourth-order valence-electron chi connectivity index (χ4n) is 2.19. The van der Waals surface area contributed by atoms with Crippen LogP contribution in [0.25, 0.3) is 0 Å². The van der Waals surface area contributed by atoms with Gasteiger partial charge in [0.2, 0.25) is 0 Å². The predicted octanol–water partition coefficient (Wildman–Crippen LogP) is 2.88. The molecular formula is C15H26N2O2. The Labute approximate surface area is 116 Å². The molecule has 1 aromatic rings. The summed E-state index contributed by atoms with van der Waals surface area (Å²) in [5, 5.41) is 13.3. The number of hydrogen-bond donors (Lipinski definition) is 3. The summed E-state index contributed by atoms with van der Waals surface area (Å²) in [7, 11) is 0. The first kappa shape index (κ1) is 15.6. The first-order valence-electron chi connectivity index (χ1n) is 7.07. The quantitative estimate of drug-likeness (QED) is 0.633. The minimum atomic E-state index is -0.356. The van der Waals surface area contributed by atoms with E-state index in [1.807, 2.05) is 25.1 Å². The van der Waals surface area contributed by atoms with Crippen LogP contribution < -0.4 is 15.8 Å². The zero-order chi connectivity index (χ0) is 14.3. The van der Waals surface area contributed by atoms with E-state index in [2.05, 4.69) is 19.2 Å². The minimum absolute atomic E-state index is 0.323. The lowest BCUT2D eigenvalue weighted by molar-refractivity contribution is 0.114. The van der Waals surface area contributed by atoms with Crippen LogP contribution in [0.4, 0.5) is 11.4 Å². The molecule has 0 heterocycles. The number of nitrogens with two attached hydrogens (primary N) is 1. The van der Waals surface area contributed by atoms with E-state index in [0.717, 1.165) is 18.5 Å². The van der Waals surface area contributed by atoms with E-state index in [1.165, 1.54) is 0 Å². The van der Waals surface area contributed by atoms with Gasteiger partial charge in [-0.2, -0.15) is 0 Å². The number of para-hydroxylation sites is 1. The van der Waals surface area contributed by atoms with Crippen molar-refractivity contribution in [2.75, 3.05) is 24.2 Å². The highest BCUT2D eigenvalue weighted by atomic mass is 16.5. The Kier molecular flexibility index (Phi) is 6.50. The van der Waals surface area contributed by atoms with Gasteiger partial charge in [0.1, 0.15) is 5.75 Å². The molecule has 0 aromatic heterocycles. The van der Waals surface area contributed by atoms with Crippen LogP contribution in [-0.2, 0) is 0 Å². The van der Waals surface area contributed by atoms with Crippen molar-refractivity contribution in [1.29, 1.82) is 0 Å². The van der Waals surface area contributed by atoms with Gasteiger partial charge in [-0.25, -0.2) is 0 Å². The summed E-state index contributed by atoms with van der Waals surface area (Å²) >= 11 is 0. The summed E-state index contributed by atoms with van der Waals surface area (Å²) in [5.41, 5.74) is 7.44. The SMILES string of the molecule is CCOc1cccc(NCC(O)C(CC)CC)c1N. The van der Waals surface area contributed by atoms with E-state index >= 15 is 0 Å². The molecule has 4 N–H and O–H groups in total. The standard InChI is InChI=1S/C15H26N2O2/c1-4-11(5-2)13(18)10-17-12-8-7-9-14(15(12)16)19-6-3/h7-9,11,13,17-18H,4-6,10,16H2,1-3H3. The molecule has 0 fully saturated rings. The zero-order valence-electron chi connectivity index (χ0n) is 12.1. The Hall–Kier alpha value is -1.42. The Balaban J connectivity index is 2.65. The topological polar surface area (TPSA) is 67.5 Å². The van der Waals surface area contributed by atoms with Gasteiger partial charge in [-0.1, -0.05) is 32.8 Å². The fraction of sp³-hybridized carbons (Fsp3) is 0.600. The highest BCUT2D eigenvalue weighted by Gasteiger charge is 2.15. The van der Waals surface area contributed by atoms with E-state index in [4.69, 9.17) is 10.5 Å². The molecule has 0 saturated carbocycles. The molecule has 0 aliphatic rings. The Morgan fingerprint density at radius 3 is 2.53 bits per heavy atom. The van der Waals surface area contributed by atoms with Crippen molar-refractivity contribution in [3.05, 3.63) is 18.2 Å². The van der Waals surface area contributed by atoms with Crippen molar-refractivity contribution in [3.63, 3.8) is 0 Å². The second kappa shape index (κ2) is 7.89. The summed E-state index contributed by atoms with van der Waals surface area (Å²) in [5.74, 6) is 1.01. The van der Waals surface area contributed by atoms with E-state index in [0.29, 0.717) is 30.5 Å². The Morgan fingerprint density at radius 1 is 1.26 bits per heavy atom. The minimum Gasteiger partial charge on any atom is -0.492 e. The normalized spacial score (nSPS) is 12.5. The highest BCUT2D eigenvalue weighted by Crippen LogP contribution is 2.29. The van der Waals surface area contributed by atoms with Crippen LogP contribution >= 0.6 is 0 Å². The van der Waals surface area contributed by atoms with Gasteiger partial charge >= 0.3 is 0 Å². The molecule has 0 aliphatic carbocycles. The number of hydrogen-bond acceptors (Lipinski definition) is 4. The maximum Gasteiger partial charge on any atom is 0.144 e. The lowest BCUT2D eigenvalue weighted by Gasteiger charge is -2.21. The number of anilines is 2. The molecule has 1 aromatic carbocycles. The first-order chi connectivity index (χ1) is 9.13. The molecule has 1 rings (SSSR count). The van der Waals surface area contributed by atoms with Crippen LogP contribution in [0.15, 0.2) is 18.2 Å². The molecular weight excluding hydrogens is 240 g/mol. The van der Waals surface area contributed by atoms with Crippen LogP contribution in [0.1, 0.15) is 33.6 Å². The molecule has 0 spiro atoms. The van der Waals surface area contributed by atoms with Crippen LogP contribution in [-0.4, -0.2) is 24.4 Å².